The summed E-state index contributed by atoms with van der Waals surface area (Å²) < 4.78 is 15.8. The molecule has 1 amide bonds. The molecule has 0 spiro atoms. The van der Waals surface area contributed by atoms with Gasteiger partial charge in [-0.2, -0.15) is 5.10 Å². The topological polar surface area (TPSA) is 46.9 Å². The molecule has 0 aliphatic heterocycles. The normalized spacial score (nSPS) is 16.0. The second kappa shape index (κ2) is 7.35. The van der Waals surface area contributed by atoms with Crippen LogP contribution in [0, 0.1) is 12.7 Å². The number of amides is 1. The lowest BCUT2D eigenvalue weighted by Crippen LogP contribution is -2.31. The fraction of sp³-hybridized carbons (Fsp3) is 0.273. The van der Waals surface area contributed by atoms with Crippen molar-refractivity contribution in [2.24, 2.45) is 0 Å². The van der Waals surface area contributed by atoms with Crippen molar-refractivity contribution in [1.82, 2.24) is 15.1 Å². The molecule has 1 N–H and O–H groups in total. The minimum Gasteiger partial charge on any atom is -0.345 e. The molecule has 3 aromatic rings. The second-order valence-corrected chi connectivity index (χ2v) is 7.07. The van der Waals surface area contributed by atoms with E-state index in [0.29, 0.717) is 11.1 Å². The summed E-state index contributed by atoms with van der Waals surface area (Å²) >= 11 is 0. The van der Waals surface area contributed by atoms with E-state index in [2.05, 4.69) is 22.5 Å². The zero-order valence-electron chi connectivity index (χ0n) is 15.3. The van der Waals surface area contributed by atoms with E-state index < -0.39 is 0 Å². The first-order chi connectivity index (χ1) is 13.1. The third-order valence-corrected chi connectivity index (χ3v) is 5.18. The molecule has 2 aromatic carbocycles. The van der Waals surface area contributed by atoms with Gasteiger partial charge in [-0.05, 0) is 49.4 Å². The van der Waals surface area contributed by atoms with Crippen LogP contribution >= 0.6 is 0 Å². The van der Waals surface area contributed by atoms with Crippen LogP contribution in [0.15, 0.2) is 54.7 Å². The summed E-state index contributed by atoms with van der Waals surface area (Å²) in [6.07, 6.45) is 4.66. The van der Waals surface area contributed by atoms with Gasteiger partial charge in [-0.1, -0.05) is 36.4 Å². The van der Waals surface area contributed by atoms with Crippen molar-refractivity contribution in [3.63, 3.8) is 0 Å². The van der Waals surface area contributed by atoms with Crippen molar-refractivity contribution in [2.45, 2.75) is 38.8 Å². The van der Waals surface area contributed by atoms with Gasteiger partial charge in [-0.25, -0.2) is 4.39 Å². The number of halogens is 1. The van der Waals surface area contributed by atoms with E-state index in [9.17, 15) is 9.18 Å². The fourth-order valence-corrected chi connectivity index (χ4v) is 3.64. The molecule has 138 valence electrons. The van der Waals surface area contributed by atoms with Crippen molar-refractivity contribution in [3.05, 3.63) is 88.5 Å². The number of carbonyl (C=O) groups is 1. The van der Waals surface area contributed by atoms with Gasteiger partial charge >= 0.3 is 0 Å². The minimum atomic E-state index is -0.359. The van der Waals surface area contributed by atoms with Gasteiger partial charge in [0.25, 0.3) is 5.91 Å². The molecule has 1 aliphatic rings. The van der Waals surface area contributed by atoms with Crippen LogP contribution in [-0.4, -0.2) is 15.7 Å². The molecule has 1 heterocycles. The zero-order valence-corrected chi connectivity index (χ0v) is 15.3. The summed E-state index contributed by atoms with van der Waals surface area (Å²) in [4.78, 5) is 12.6. The van der Waals surface area contributed by atoms with Crippen LogP contribution in [0.1, 0.15) is 51.6 Å². The number of aromatic nitrogens is 2. The number of hydrogen-bond acceptors (Lipinski definition) is 2. The van der Waals surface area contributed by atoms with Crippen molar-refractivity contribution in [1.29, 1.82) is 0 Å². The monoisotopic (exact) mass is 363 g/mol. The first-order valence-electron chi connectivity index (χ1n) is 9.27. The number of benzene rings is 2. The highest BCUT2D eigenvalue weighted by Crippen LogP contribution is 2.30. The molecule has 4 nitrogen and oxygen atoms in total. The molecule has 1 aromatic heterocycles. The van der Waals surface area contributed by atoms with Crippen molar-refractivity contribution >= 4 is 5.91 Å². The Labute approximate surface area is 158 Å². The first kappa shape index (κ1) is 17.5. The third-order valence-electron chi connectivity index (χ3n) is 5.18. The highest BCUT2D eigenvalue weighted by Gasteiger charge is 2.26. The van der Waals surface area contributed by atoms with Crippen molar-refractivity contribution in [3.8, 4) is 0 Å². The van der Waals surface area contributed by atoms with Crippen LogP contribution in [0.5, 0.6) is 0 Å². The molecule has 0 saturated carbocycles. The number of rotatable bonds is 4. The van der Waals surface area contributed by atoms with Crippen LogP contribution in [0.25, 0.3) is 0 Å². The molecular weight excluding hydrogens is 341 g/mol. The second-order valence-electron chi connectivity index (χ2n) is 7.07. The standard InChI is InChI=1S/C22H22FN3O/c1-15-10-11-17(12-19(15)23)22(27)25-20-8-5-9-21-18(20)13-24-26(21)14-16-6-3-2-4-7-16/h2-4,6-7,10-13,20H,5,8-9,14H2,1H3,(H,25,27)/t20-/m1/s1. The predicted molar refractivity (Wildman–Crippen MR) is 102 cm³/mol. The Balaban J connectivity index is 1.53. The van der Waals surface area contributed by atoms with Gasteiger partial charge in [0, 0.05) is 16.8 Å². The largest absolute Gasteiger partial charge is 0.345 e. The van der Waals surface area contributed by atoms with E-state index in [0.717, 1.165) is 31.4 Å². The van der Waals surface area contributed by atoms with Crippen LogP contribution in [0.2, 0.25) is 0 Å². The molecule has 27 heavy (non-hydrogen) atoms. The average molecular weight is 363 g/mol. The van der Waals surface area contributed by atoms with Crippen LogP contribution in [0.4, 0.5) is 4.39 Å². The highest BCUT2D eigenvalue weighted by atomic mass is 19.1. The lowest BCUT2D eigenvalue weighted by molar-refractivity contribution is 0.0932. The van der Waals surface area contributed by atoms with Gasteiger partial charge in [-0.15, -0.1) is 0 Å². The van der Waals surface area contributed by atoms with E-state index in [4.69, 9.17) is 0 Å². The van der Waals surface area contributed by atoms with Crippen LogP contribution < -0.4 is 5.32 Å². The molecular formula is C22H22FN3O. The Hall–Kier alpha value is -2.95. The Morgan fingerprint density at radius 2 is 2.07 bits per heavy atom. The number of nitrogens with zero attached hydrogens (tertiary/aromatic N) is 2. The van der Waals surface area contributed by atoms with Gasteiger partial charge in [0.1, 0.15) is 5.82 Å². The van der Waals surface area contributed by atoms with E-state index in [1.807, 2.05) is 29.1 Å². The lowest BCUT2D eigenvalue weighted by atomic mass is 9.92. The van der Waals surface area contributed by atoms with E-state index in [1.54, 1.807) is 19.1 Å². The Morgan fingerprint density at radius 1 is 1.26 bits per heavy atom. The molecule has 0 saturated heterocycles. The number of hydrogen-bond donors (Lipinski definition) is 1. The molecule has 1 atom stereocenters. The summed E-state index contributed by atoms with van der Waals surface area (Å²) in [5.74, 6) is -0.606. The van der Waals surface area contributed by atoms with E-state index >= 15 is 0 Å². The van der Waals surface area contributed by atoms with Gasteiger partial charge in [0.15, 0.2) is 0 Å². The summed E-state index contributed by atoms with van der Waals surface area (Å²) in [6.45, 7) is 2.41. The summed E-state index contributed by atoms with van der Waals surface area (Å²) in [5.41, 5.74) is 4.32. The number of aryl methyl sites for hydroxylation is 1. The number of fused-ring (bicyclic) bond motifs is 1. The lowest BCUT2D eigenvalue weighted by Gasteiger charge is -2.24. The maximum absolute atomic E-state index is 13.8. The van der Waals surface area contributed by atoms with Crippen LogP contribution in [-0.2, 0) is 13.0 Å². The van der Waals surface area contributed by atoms with Gasteiger partial charge in [0.05, 0.1) is 18.8 Å². The SMILES string of the molecule is Cc1ccc(C(=O)N[C@@H]2CCCc3c2cnn3Cc2ccccc2)cc1F. The quantitative estimate of drug-likeness (QED) is 0.756. The van der Waals surface area contributed by atoms with Crippen molar-refractivity contribution < 1.29 is 9.18 Å². The Morgan fingerprint density at radius 3 is 2.85 bits per heavy atom. The Kier molecular flexibility index (Phi) is 4.75. The van der Waals surface area contributed by atoms with Gasteiger partial charge in [-0.3, -0.25) is 9.48 Å². The molecule has 0 unspecified atom stereocenters. The first-order valence-corrected chi connectivity index (χ1v) is 9.27. The maximum Gasteiger partial charge on any atom is 0.251 e. The molecule has 0 fully saturated rings. The van der Waals surface area contributed by atoms with Gasteiger partial charge in [0.2, 0.25) is 0 Å². The zero-order chi connectivity index (χ0) is 18.8. The Bertz CT molecular complexity index is 965. The minimum absolute atomic E-state index is 0.0878. The number of carbonyl (C=O) groups excluding carboxylic acids is 1. The average Bonchev–Trinajstić information content (AvgIpc) is 3.09. The summed E-state index contributed by atoms with van der Waals surface area (Å²) in [6, 6.07) is 14.7. The smallest absolute Gasteiger partial charge is 0.251 e. The molecule has 1 aliphatic carbocycles. The molecule has 4 rings (SSSR count). The maximum atomic E-state index is 13.8. The molecule has 5 heteroatoms. The number of nitrogens with one attached hydrogen (secondary N) is 1. The van der Waals surface area contributed by atoms with E-state index in [1.165, 1.54) is 17.3 Å². The predicted octanol–water partition coefficient (Wildman–Crippen LogP) is 4.19. The summed E-state index contributed by atoms with van der Waals surface area (Å²) in [5, 5.41) is 7.61. The third kappa shape index (κ3) is 3.63. The molecule has 0 bridgehead atoms. The summed E-state index contributed by atoms with van der Waals surface area (Å²) in [7, 11) is 0. The molecule has 0 radical (unpaired) electrons. The van der Waals surface area contributed by atoms with Gasteiger partial charge < -0.3 is 5.32 Å². The fourth-order valence-electron chi connectivity index (χ4n) is 3.64. The highest BCUT2D eigenvalue weighted by molar-refractivity contribution is 5.94. The van der Waals surface area contributed by atoms with Crippen molar-refractivity contribution in [2.75, 3.05) is 0 Å². The van der Waals surface area contributed by atoms with E-state index in [-0.39, 0.29) is 17.8 Å². The van der Waals surface area contributed by atoms with Crippen LogP contribution in [0.3, 0.4) is 0 Å².